The zero-order valence-electron chi connectivity index (χ0n) is 16.8. The Hall–Kier alpha value is -3.36. The molecular weight excluding hydrogens is 437 g/mol. The van der Waals surface area contributed by atoms with Gasteiger partial charge >= 0.3 is 0 Å². The van der Waals surface area contributed by atoms with Crippen LogP contribution in [-0.2, 0) is 16.0 Å². The van der Waals surface area contributed by atoms with Crippen molar-refractivity contribution in [2.24, 2.45) is 5.73 Å². The number of carbonyl (C=O) groups excluding carboxylic acids is 3. The van der Waals surface area contributed by atoms with E-state index in [4.69, 9.17) is 17.3 Å². The number of primary amides is 1. The van der Waals surface area contributed by atoms with E-state index in [0.29, 0.717) is 22.2 Å². The van der Waals surface area contributed by atoms with Crippen LogP contribution < -0.4 is 10.6 Å². The van der Waals surface area contributed by atoms with Gasteiger partial charge in [-0.2, -0.15) is 0 Å². The summed E-state index contributed by atoms with van der Waals surface area (Å²) in [6.07, 6.45) is -0.0331. The second kappa shape index (κ2) is 8.29. The highest BCUT2D eigenvalue weighted by Crippen LogP contribution is 2.32. The maximum absolute atomic E-state index is 13.5. The Morgan fingerprint density at radius 2 is 1.97 bits per heavy atom. The number of Topliss-reactive ketones (excluding diaryl/α,β-unsaturated/α-hetero) is 1. The topological polar surface area (TPSA) is 114 Å². The number of nitrogens with two attached hydrogens (primary N) is 1. The Balaban J connectivity index is 1.51. The van der Waals surface area contributed by atoms with Crippen LogP contribution in [0.4, 0.5) is 10.1 Å². The second-order valence-corrected chi connectivity index (χ2v) is 8.14. The number of halogens is 2. The van der Waals surface area contributed by atoms with Crippen LogP contribution >= 0.6 is 11.6 Å². The fourth-order valence-corrected chi connectivity index (χ4v) is 4.09. The number of benzene rings is 2. The summed E-state index contributed by atoms with van der Waals surface area (Å²) in [6, 6.07) is 12.1. The molecule has 9 heteroatoms. The van der Waals surface area contributed by atoms with Gasteiger partial charge in [0.25, 0.3) is 11.8 Å². The molecule has 2 aromatic carbocycles. The molecule has 0 radical (unpaired) electrons. The summed E-state index contributed by atoms with van der Waals surface area (Å²) in [5.41, 5.74) is 4.76. The SMILES string of the molecule is NC(=O)c1ccc2cc(N3CCC(O)(C(=O)CCc4cc(F)cc(Cl)c4)C3=O)ccc2n1. The van der Waals surface area contributed by atoms with Gasteiger partial charge in [0.1, 0.15) is 11.5 Å². The summed E-state index contributed by atoms with van der Waals surface area (Å²) >= 11 is 5.83. The molecule has 2 amide bonds. The quantitative estimate of drug-likeness (QED) is 0.555. The molecule has 1 aliphatic rings. The summed E-state index contributed by atoms with van der Waals surface area (Å²) in [7, 11) is 0. The van der Waals surface area contributed by atoms with E-state index in [2.05, 4.69) is 4.98 Å². The number of ketones is 1. The van der Waals surface area contributed by atoms with E-state index in [-0.39, 0.29) is 36.5 Å². The lowest BCUT2D eigenvalue weighted by atomic mass is 9.92. The minimum absolute atomic E-state index is 0.0501. The molecule has 2 heterocycles. The Morgan fingerprint density at radius 3 is 2.69 bits per heavy atom. The van der Waals surface area contributed by atoms with Gasteiger partial charge in [0.15, 0.2) is 5.78 Å². The number of hydrogen-bond acceptors (Lipinski definition) is 5. The summed E-state index contributed by atoms with van der Waals surface area (Å²) in [4.78, 5) is 42.5. The van der Waals surface area contributed by atoms with Gasteiger partial charge in [0, 0.05) is 35.5 Å². The van der Waals surface area contributed by atoms with Gasteiger partial charge in [-0.15, -0.1) is 0 Å². The molecule has 1 aliphatic heterocycles. The number of pyridine rings is 1. The third-order valence-electron chi connectivity index (χ3n) is 5.56. The Bertz CT molecular complexity index is 1240. The van der Waals surface area contributed by atoms with E-state index in [9.17, 15) is 23.9 Å². The molecule has 7 nitrogen and oxygen atoms in total. The number of aromatic nitrogens is 1. The molecular formula is C23H19ClFN3O4. The van der Waals surface area contributed by atoms with Crippen LogP contribution in [0.25, 0.3) is 10.9 Å². The monoisotopic (exact) mass is 455 g/mol. The molecule has 0 bridgehead atoms. The number of aliphatic hydroxyl groups is 1. The number of fused-ring (bicyclic) bond motifs is 1. The van der Waals surface area contributed by atoms with E-state index in [1.165, 1.54) is 23.1 Å². The molecule has 1 atom stereocenters. The maximum atomic E-state index is 13.5. The molecule has 3 aromatic rings. The standard InChI is InChI=1S/C23H19ClFN3O4/c24-15-9-13(10-16(25)12-15)1-6-20(29)23(32)7-8-28(22(23)31)17-3-5-18-14(11-17)2-4-19(27-18)21(26)30/h2-5,9-12,32H,1,6-8H2,(H2,26,30). The van der Waals surface area contributed by atoms with Crippen LogP contribution in [0.3, 0.4) is 0 Å². The molecule has 3 N–H and O–H groups in total. The van der Waals surface area contributed by atoms with Crippen molar-refractivity contribution in [2.45, 2.75) is 24.9 Å². The van der Waals surface area contributed by atoms with Crippen LogP contribution in [0.2, 0.25) is 5.02 Å². The highest BCUT2D eigenvalue weighted by atomic mass is 35.5. The first-order chi connectivity index (χ1) is 15.2. The number of hydrogen-bond donors (Lipinski definition) is 2. The zero-order valence-corrected chi connectivity index (χ0v) is 17.6. The number of amides is 2. The van der Waals surface area contributed by atoms with Crippen molar-refractivity contribution < 1.29 is 23.9 Å². The van der Waals surface area contributed by atoms with E-state index < -0.39 is 29.0 Å². The maximum Gasteiger partial charge on any atom is 0.267 e. The van der Waals surface area contributed by atoms with Crippen LogP contribution in [0, 0.1) is 5.82 Å². The lowest BCUT2D eigenvalue weighted by molar-refractivity contribution is -0.147. The highest BCUT2D eigenvalue weighted by molar-refractivity contribution is 6.30. The average molecular weight is 456 g/mol. The predicted octanol–water partition coefficient (Wildman–Crippen LogP) is 2.80. The first-order valence-corrected chi connectivity index (χ1v) is 10.3. The van der Waals surface area contributed by atoms with Gasteiger partial charge in [-0.3, -0.25) is 14.4 Å². The highest BCUT2D eigenvalue weighted by Gasteiger charge is 2.50. The number of carbonyl (C=O) groups is 3. The number of nitrogens with zero attached hydrogens (tertiary/aromatic N) is 2. The van der Waals surface area contributed by atoms with Crippen LogP contribution in [0.15, 0.2) is 48.5 Å². The van der Waals surface area contributed by atoms with Gasteiger partial charge < -0.3 is 15.7 Å². The van der Waals surface area contributed by atoms with Crippen molar-refractivity contribution >= 4 is 45.8 Å². The third-order valence-corrected chi connectivity index (χ3v) is 5.78. The van der Waals surface area contributed by atoms with Crippen LogP contribution in [0.5, 0.6) is 0 Å². The summed E-state index contributed by atoms with van der Waals surface area (Å²) in [5.74, 6) is -2.50. The molecule has 1 aromatic heterocycles. The average Bonchev–Trinajstić information content (AvgIpc) is 3.06. The summed E-state index contributed by atoms with van der Waals surface area (Å²) < 4.78 is 13.5. The minimum atomic E-state index is -2.14. The normalized spacial score (nSPS) is 18.3. The van der Waals surface area contributed by atoms with Crippen molar-refractivity contribution in [1.29, 1.82) is 0 Å². The predicted molar refractivity (Wildman–Crippen MR) is 117 cm³/mol. The smallest absolute Gasteiger partial charge is 0.267 e. The van der Waals surface area contributed by atoms with E-state index in [0.717, 1.165) is 6.07 Å². The molecule has 32 heavy (non-hydrogen) atoms. The van der Waals surface area contributed by atoms with Crippen molar-refractivity contribution in [1.82, 2.24) is 4.98 Å². The zero-order chi connectivity index (χ0) is 23.0. The number of anilines is 1. The molecule has 0 spiro atoms. The Kier molecular flexibility index (Phi) is 5.66. The Labute approximate surface area is 187 Å². The van der Waals surface area contributed by atoms with E-state index in [1.807, 2.05) is 0 Å². The minimum Gasteiger partial charge on any atom is -0.373 e. The van der Waals surface area contributed by atoms with Crippen molar-refractivity contribution in [3.05, 3.63) is 70.6 Å². The third kappa shape index (κ3) is 4.06. The van der Waals surface area contributed by atoms with Crippen molar-refractivity contribution in [2.75, 3.05) is 11.4 Å². The van der Waals surface area contributed by atoms with E-state index in [1.54, 1.807) is 24.3 Å². The molecule has 1 unspecified atom stereocenters. The Morgan fingerprint density at radius 1 is 1.19 bits per heavy atom. The molecule has 0 aliphatic carbocycles. The molecule has 0 saturated carbocycles. The molecule has 1 fully saturated rings. The summed E-state index contributed by atoms with van der Waals surface area (Å²) in [6.45, 7) is 0.158. The van der Waals surface area contributed by atoms with Gasteiger partial charge in [-0.05, 0) is 54.4 Å². The lowest BCUT2D eigenvalue weighted by Crippen LogP contribution is -2.47. The van der Waals surface area contributed by atoms with Gasteiger partial charge in [-0.25, -0.2) is 9.37 Å². The van der Waals surface area contributed by atoms with Gasteiger partial charge in [0.2, 0.25) is 5.60 Å². The molecule has 4 rings (SSSR count). The van der Waals surface area contributed by atoms with Crippen LogP contribution in [0.1, 0.15) is 28.9 Å². The van der Waals surface area contributed by atoms with Gasteiger partial charge in [-0.1, -0.05) is 17.7 Å². The van der Waals surface area contributed by atoms with Crippen molar-refractivity contribution in [3.8, 4) is 0 Å². The summed E-state index contributed by atoms with van der Waals surface area (Å²) in [5, 5.41) is 11.7. The lowest BCUT2D eigenvalue weighted by Gasteiger charge is -2.21. The van der Waals surface area contributed by atoms with Crippen molar-refractivity contribution in [3.63, 3.8) is 0 Å². The fourth-order valence-electron chi connectivity index (χ4n) is 3.85. The van der Waals surface area contributed by atoms with Gasteiger partial charge in [0.05, 0.1) is 5.52 Å². The molecule has 164 valence electrons. The second-order valence-electron chi connectivity index (χ2n) is 7.71. The largest absolute Gasteiger partial charge is 0.373 e. The van der Waals surface area contributed by atoms with E-state index >= 15 is 0 Å². The number of aryl methyl sites for hydroxylation is 1. The first kappa shape index (κ1) is 21.9. The number of rotatable bonds is 6. The molecule has 1 saturated heterocycles. The fraction of sp³-hybridized carbons (Fsp3) is 0.217. The first-order valence-electron chi connectivity index (χ1n) is 9.90. The van der Waals surface area contributed by atoms with Crippen LogP contribution in [-0.4, -0.2) is 39.8 Å².